The molecular formula is C20H33IN4O3. The van der Waals surface area contributed by atoms with E-state index in [1.807, 2.05) is 24.3 Å². The van der Waals surface area contributed by atoms with Crippen molar-refractivity contribution in [2.45, 2.75) is 44.6 Å². The predicted octanol–water partition coefficient (Wildman–Crippen LogP) is 3.16. The zero-order chi connectivity index (χ0) is 19.3. The van der Waals surface area contributed by atoms with Gasteiger partial charge in [-0.2, -0.15) is 0 Å². The number of amides is 1. The molecule has 7 nitrogen and oxygen atoms in total. The van der Waals surface area contributed by atoms with Gasteiger partial charge in [-0.15, -0.1) is 24.0 Å². The SMILES string of the molecule is CN=C(NCCC(=O)NC1CCCC1)Nc1cccc(OCCCOC)c1.I. The highest BCUT2D eigenvalue weighted by atomic mass is 127. The van der Waals surface area contributed by atoms with Crippen LogP contribution in [0.5, 0.6) is 5.75 Å². The molecule has 0 spiro atoms. The first-order chi connectivity index (χ1) is 13.2. The molecule has 1 aliphatic rings. The molecular weight excluding hydrogens is 471 g/mol. The minimum atomic E-state index is 0. The van der Waals surface area contributed by atoms with Crippen LogP contribution in [-0.2, 0) is 9.53 Å². The van der Waals surface area contributed by atoms with Gasteiger partial charge in [0.2, 0.25) is 5.91 Å². The Morgan fingerprint density at radius 1 is 1.25 bits per heavy atom. The lowest BCUT2D eigenvalue weighted by Crippen LogP contribution is -2.37. The molecule has 158 valence electrons. The highest BCUT2D eigenvalue weighted by Gasteiger charge is 2.16. The van der Waals surface area contributed by atoms with E-state index >= 15 is 0 Å². The third-order valence-electron chi connectivity index (χ3n) is 4.45. The number of methoxy groups -OCH3 is 1. The molecule has 0 bridgehead atoms. The normalized spacial score (nSPS) is 14.3. The molecule has 0 heterocycles. The first-order valence-electron chi connectivity index (χ1n) is 9.70. The number of guanidine groups is 1. The minimum Gasteiger partial charge on any atom is -0.493 e. The average molecular weight is 504 g/mol. The first kappa shape index (κ1) is 24.5. The van der Waals surface area contributed by atoms with Gasteiger partial charge in [0.1, 0.15) is 5.75 Å². The van der Waals surface area contributed by atoms with Gasteiger partial charge in [0.25, 0.3) is 0 Å². The van der Waals surface area contributed by atoms with Crippen LogP contribution in [0.1, 0.15) is 38.5 Å². The second kappa shape index (κ2) is 14.4. The Morgan fingerprint density at radius 3 is 2.75 bits per heavy atom. The van der Waals surface area contributed by atoms with Crippen molar-refractivity contribution >= 4 is 41.5 Å². The summed E-state index contributed by atoms with van der Waals surface area (Å²) in [5.41, 5.74) is 0.878. The topological polar surface area (TPSA) is 84.0 Å². The molecule has 1 amide bonds. The molecule has 1 aliphatic carbocycles. The Hall–Kier alpha value is -1.55. The first-order valence-corrected chi connectivity index (χ1v) is 9.70. The summed E-state index contributed by atoms with van der Waals surface area (Å²) in [4.78, 5) is 16.2. The van der Waals surface area contributed by atoms with Crippen LogP contribution in [0.15, 0.2) is 29.3 Å². The molecule has 0 saturated heterocycles. The average Bonchev–Trinajstić information content (AvgIpc) is 3.17. The van der Waals surface area contributed by atoms with Crippen LogP contribution in [0.25, 0.3) is 0 Å². The largest absolute Gasteiger partial charge is 0.493 e. The van der Waals surface area contributed by atoms with Crippen LogP contribution in [0.2, 0.25) is 0 Å². The van der Waals surface area contributed by atoms with Crippen LogP contribution in [0.4, 0.5) is 5.69 Å². The molecule has 8 heteroatoms. The Kier molecular flexibility index (Phi) is 12.6. The molecule has 28 heavy (non-hydrogen) atoms. The fraction of sp³-hybridized carbons (Fsp3) is 0.600. The second-order valence-electron chi connectivity index (χ2n) is 6.65. The van der Waals surface area contributed by atoms with Gasteiger partial charge < -0.3 is 25.4 Å². The number of carbonyl (C=O) groups is 1. The third kappa shape index (κ3) is 9.59. The number of hydrogen-bond donors (Lipinski definition) is 3. The number of nitrogens with zero attached hydrogens (tertiary/aromatic N) is 1. The summed E-state index contributed by atoms with van der Waals surface area (Å²) >= 11 is 0. The van der Waals surface area contributed by atoms with Crippen LogP contribution >= 0.6 is 24.0 Å². The molecule has 0 atom stereocenters. The lowest BCUT2D eigenvalue weighted by molar-refractivity contribution is -0.121. The second-order valence-corrected chi connectivity index (χ2v) is 6.65. The summed E-state index contributed by atoms with van der Waals surface area (Å²) in [7, 11) is 3.39. The Morgan fingerprint density at radius 2 is 2.04 bits per heavy atom. The van der Waals surface area contributed by atoms with E-state index in [0.29, 0.717) is 38.2 Å². The van der Waals surface area contributed by atoms with Gasteiger partial charge in [-0.1, -0.05) is 18.9 Å². The van der Waals surface area contributed by atoms with E-state index in [-0.39, 0.29) is 29.9 Å². The van der Waals surface area contributed by atoms with Gasteiger partial charge >= 0.3 is 0 Å². The summed E-state index contributed by atoms with van der Waals surface area (Å²) in [6, 6.07) is 8.08. The van der Waals surface area contributed by atoms with Crippen molar-refractivity contribution in [1.82, 2.24) is 10.6 Å². The maximum atomic E-state index is 12.0. The predicted molar refractivity (Wildman–Crippen MR) is 124 cm³/mol. The Labute approximate surface area is 185 Å². The van der Waals surface area contributed by atoms with Gasteiger partial charge in [0, 0.05) is 57.9 Å². The minimum absolute atomic E-state index is 0. The number of hydrogen-bond acceptors (Lipinski definition) is 4. The zero-order valence-corrected chi connectivity index (χ0v) is 19.2. The van der Waals surface area contributed by atoms with Crippen molar-refractivity contribution in [1.29, 1.82) is 0 Å². The summed E-state index contributed by atoms with van der Waals surface area (Å²) in [6.45, 7) is 1.83. The lowest BCUT2D eigenvalue weighted by Gasteiger charge is -2.14. The van der Waals surface area contributed by atoms with E-state index in [1.54, 1.807) is 14.2 Å². The molecule has 1 saturated carbocycles. The van der Waals surface area contributed by atoms with Crippen molar-refractivity contribution in [3.8, 4) is 5.75 Å². The molecule has 3 N–H and O–H groups in total. The van der Waals surface area contributed by atoms with Crippen molar-refractivity contribution in [3.63, 3.8) is 0 Å². The lowest BCUT2D eigenvalue weighted by atomic mass is 10.2. The number of nitrogens with one attached hydrogen (secondary N) is 3. The number of anilines is 1. The molecule has 0 unspecified atom stereocenters. The van der Waals surface area contributed by atoms with E-state index in [0.717, 1.165) is 30.7 Å². The molecule has 1 aromatic carbocycles. The standard InChI is InChI=1S/C20H32N4O3.HI/c1-21-20(22-12-11-19(25)23-16-7-3-4-8-16)24-17-9-5-10-18(15-17)27-14-6-13-26-2;/h5,9-10,15-16H,3-4,6-8,11-14H2,1-2H3,(H,23,25)(H2,21,22,24);1H. The number of carbonyl (C=O) groups excluding carboxylic acids is 1. The zero-order valence-electron chi connectivity index (χ0n) is 16.8. The Balaban J connectivity index is 0.00000392. The Bertz CT molecular complexity index is 607. The van der Waals surface area contributed by atoms with E-state index < -0.39 is 0 Å². The van der Waals surface area contributed by atoms with Crippen molar-refractivity contribution in [2.24, 2.45) is 4.99 Å². The van der Waals surface area contributed by atoms with E-state index in [9.17, 15) is 4.79 Å². The maximum absolute atomic E-state index is 12.0. The monoisotopic (exact) mass is 504 g/mol. The number of ether oxygens (including phenoxy) is 2. The highest BCUT2D eigenvalue weighted by molar-refractivity contribution is 14.0. The van der Waals surface area contributed by atoms with Gasteiger partial charge in [0.05, 0.1) is 6.61 Å². The molecule has 0 aliphatic heterocycles. The molecule has 1 fully saturated rings. The fourth-order valence-corrected chi connectivity index (χ4v) is 3.04. The van der Waals surface area contributed by atoms with Crippen LogP contribution in [-0.4, -0.2) is 51.8 Å². The fourth-order valence-electron chi connectivity index (χ4n) is 3.04. The summed E-state index contributed by atoms with van der Waals surface area (Å²) < 4.78 is 10.7. The molecule has 0 radical (unpaired) electrons. The smallest absolute Gasteiger partial charge is 0.221 e. The van der Waals surface area contributed by atoms with E-state index in [2.05, 4.69) is 20.9 Å². The number of halogens is 1. The van der Waals surface area contributed by atoms with Crippen molar-refractivity contribution in [3.05, 3.63) is 24.3 Å². The van der Waals surface area contributed by atoms with Crippen molar-refractivity contribution < 1.29 is 14.3 Å². The van der Waals surface area contributed by atoms with Gasteiger partial charge in [-0.3, -0.25) is 9.79 Å². The number of rotatable bonds is 10. The van der Waals surface area contributed by atoms with E-state index in [1.165, 1.54) is 12.8 Å². The quantitative estimate of drug-likeness (QED) is 0.197. The van der Waals surface area contributed by atoms with Crippen LogP contribution in [0.3, 0.4) is 0 Å². The third-order valence-corrected chi connectivity index (χ3v) is 4.45. The molecule has 1 aromatic rings. The van der Waals surface area contributed by atoms with Gasteiger partial charge in [0.15, 0.2) is 5.96 Å². The van der Waals surface area contributed by atoms with Crippen LogP contribution < -0.4 is 20.7 Å². The van der Waals surface area contributed by atoms with Gasteiger partial charge in [-0.05, 0) is 25.0 Å². The summed E-state index contributed by atoms with van der Waals surface area (Å²) in [6.07, 6.45) is 5.92. The number of benzene rings is 1. The van der Waals surface area contributed by atoms with E-state index in [4.69, 9.17) is 9.47 Å². The summed E-state index contributed by atoms with van der Waals surface area (Å²) in [5.74, 6) is 1.51. The summed E-state index contributed by atoms with van der Waals surface area (Å²) in [5, 5.41) is 9.49. The molecule has 0 aromatic heterocycles. The van der Waals surface area contributed by atoms with Crippen molar-refractivity contribution in [2.75, 3.05) is 39.2 Å². The maximum Gasteiger partial charge on any atom is 0.221 e. The highest BCUT2D eigenvalue weighted by Crippen LogP contribution is 2.18. The van der Waals surface area contributed by atoms with Crippen LogP contribution in [0, 0.1) is 0 Å². The van der Waals surface area contributed by atoms with Gasteiger partial charge in [-0.25, -0.2) is 0 Å². The molecule has 2 rings (SSSR count). The number of aliphatic imine (C=N–C) groups is 1.